The number of ether oxygens (including phenoxy) is 1. The smallest absolute Gasteiger partial charge is 0.256 e. The summed E-state index contributed by atoms with van der Waals surface area (Å²) in [5.74, 6) is 0.304. The van der Waals surface area contributed by atoms with Gasteiger partial charge in [-0.2, -0.15) is 0 Å². The highest BCUT2D eigenvalue weighted by Gasteiger charge is 2.19. The minimum Gasteiger partial charge on any atom is -0.493 e. The molecular formula is C19H15N2O4+. The number of nitrogens with one attached hydrogen (secondary N) is 1. The first-order valence-electron chi connectivity index (χ1n) is 7.67. The molecule has 4 aromatic rings. The number of benzene rings is 2. The van der Waals surface area contributed by atoms with Crippen molar-refractivity contribution in [1.82, 2.24) is 0 Å². The van der Waals surface area contributed by atoms with E-state index < -0.39 is 0 Å². The van der Waals surface area contributed by atoms with Crippen LogP contribution in [0.3, 0.4) is 0 Å². The number of rotatable bonds is 3. The van der Waals surface area contributed by atoms with Gasteiger partial charge in [0.25, 0.3) is 5.91 Å². The van der Waals surface area contributed by atoms with Crippen LogP contribution in [0.15, 0.2) is 65.3 Å². The number of pyridine rings is 1. The standard InChI is InChI=1S/C19H14N2O4/c1-24-16-7-6-14(19(22)20-12-8-10-21(23)11-9-12)17-13-4-2-3-5-15(13)25-18(16)17/h2-11,23H,1H3/p+1. The summed E-state index contributed by atoms with van der Waals surface area (Å²) in [6.07, 6.45) is 2.87. The van der Waals surface area contributed by atoms with Gasteiger partial charge in [0.15, 0.2) is 11.3 Å². The Balaban J connectivity index is 1.86. The molecule has 0 aliphatic heterocycles. The van der Waals surface area contributed by atoms with Crippen LogP contribution in [0.5, 0.6) is 5.75 Å². The number of para-hydroxylation sites is 1. The Hall–Kier alpha value is -3.54. The topological polar surface area (TPSA) is 75.6 Å². The summed E-state index contributed by atoms with van der Waals surface area (Å²) in [7, 11) is 1.57. The first kappa shape index (κ1) is 15.0. The van der Waals surface area contributed by atoms with Crippen molar-refractivity contribution in [2.75, 3.05) is 12.4 Å². The van der Waals surface area contributed by atoms with Crippen LogP contribution in [0.25, 0.3) is 21.9 Å². The number of hydrogen-bond acceptors (Lipinski definition) is 4. The molecule has 2 N–H and O–H groups in total. The van der Waals surface area contributed by atoms with E-state index in [0.29, 0.717) is 33.6 Å². The lowest BCUT2D eigenvalue weighted by atomic mass is 10.0. The van der Waals surface area contributed by atoms with Crippen molar-refractivity contribution in [1.29, 1.82) is 0 Å². The molecule has 6 heteroatoms. The number of aromatic nitrogens is 1. The summed E-state index contributed by atoms with van der Waals surface area (Å²) in [5.41, 5.74) is 2.29. The number of carbonyl (C=O) groups excluding carboxylic acids is 1. The Morgan fingerprint density at radius 1 is 1.12 bits per heavy atom. The molecule has 0 bridgehead atoms. The highest BCUT2D eigenvalue weighted by molar-refractivity contribution is 6.20. The van der Waals surface area contributed by atoms with Crippen molar-refractivity contribution in [2.45, 2.75) is 0 Å². The Morgan fingerprint density at radius 3 is 2.64 bits per heavy atom. The second kappa shape index (κ2) is 5.83. The van der Waals surface area contributed by atoms with Gasteiger partial charge in [0.1, 0.15) is 5.58 Å². The first-order chi connectivity index (χ1) is 12.2. The number of anilines is 1. The Morgan fingerprint density at radius 2 is 1.88 bits per heavy atom. The maximum atomic E-state index is 12.8. The van der Waals surface area contributed by atoms with Crippen LogP contribution >= 0.6 is 0 Å². The Bertz CT molecular complexity index is 1080. The lowest BCUT2D eigenvalue weighted by Gasteiger charge is -2.07. The maximum Gasteiger partial charge on any atom is 0.256 e. The number of fused-ring (bicyclic) bond motifs is 3. The van der Waals surface area contributed by atoms with Gasteiger partial charge in [-0.05, 0) is 18.2 Å². The van der Waals surface area contributed by atoms with E-state index in [9.17, 15) is 10.0 Å². The summed E-state index contributed by atoms with van der Waals surface area (Å²) < 4.78 is 12.2. The zero-order valence-electron chi connectivity index (χ0n) is 13.4. The predicted octanol–water partition coefficient (Wildman–Crippen LogP) is 3.37. The summed E-state index contributed by atoms with van der Waals surface area (Å²) in [6, 6.07) is 14.2. The van der Waals surface area contributed by atoms with Gasteiger partial charge in [0, 0.05) is 27.6 Å². The van der Waals surface area contributed by atoms with Crippen LogP contribution in [-0.2, 0) is 0 Å². The highest BCUT2D eigenvalue weighted by atomic mass is 16.5. The van der Waals surface area contributed by atoms with Crippen LogP contribution in [-0.4, -0.2) is 18.2 Å². The Kier molecular flexibility index (Phi) is 3.50. The molecule has 4 rings (SSSR count). The predicted molar refractivity (Wildman–Crippen MR) is 92.0 cm³/mol. The normalized spacial score (nSPS) is 10.9. The number of nitrogens with zero attached hydrogens (tertiary/aromatic N) is 1. The molecule has 0 aliphatic carbocycles. The molecule has 0 saturated heterocycles. The average Bonchev–Trinajstić information content (AvgIpc) is 3.02. The average molecular weight is 335 g/mol. The van der Waals surface area contributed by atoms with E-state index in [-0.39, 0.29) is 5.91 Å². The molecule has 0 unspecified atom stereocenters. The van der Waals surface area contributed by atoms with Crippen LogP contribution < -0.4 is 14.8 Å². The van der Waals surface area contributed by atoms with E-state index in [0.717, 1.165) is 10.1 Å². The molecule has 0 atom stereocenters. The van der Waals surface area contributed by atoms with Gasteiger partial charge in [0.05, 0.1) is 18.4 Å². The maximum absolute atomic E-state index is 12.8. The summed E-state index contributed by atoms with van der Waals surface area (Å²) in [4.78, 5) is 12.8. The third-order valence-electron chi connectivity index (χ3n) is 4.03. The fourth-order valence-electron chi connectivity index (χ4n) is 2.85. The molecular weight excluding hydrogens is 320 g/mol. The molecule has 0 aliphatic rings. The molecule has 25 heavy (non-hydrogen) atoms. The summed E-state index contributed by atoms with van der Waals surface area (Å²) in [6.45, 7) is 0. The molecule has 2 aromatic heterocycles. The van der Waals surface area contributed by atoms with Gasteiger partial charge >= 0.3 is 0 Å². The molecule has 0 saturated carbocycles. The zero-order valence-corrected chi connectivity index (χ0v) is 13.4. The minimum atomic E-state index is -0.269. The number of amides is 1. The van der Waals surface area contributed by atoms with E-state index in [1.54, 1.807) is 31.4 Å². The quantitative estimate of drug-likeness (QED) is 0.445. The van der Waals surface area contributed by atoms with E-state index in [4.69, 9.17) is 9.15 Å². The van der Waals surface area contributed by atoms with Gasteiger partial charge in [-0.25, -0.2) is 0 Å². The lowest BCUT2D eigenvalue weighted by Crippen LogP contribution is -2.28. The molecule has 2 aromatic carbocycles. The van der Waals surface area contributed by atoms with E-state index >= 15 is 0 Å². The third-order valence-corrected chi connectivity index (χ3v) is 4.03. The number of methoxy groups -OCH3 is 1. The number of carbonyl (C=O) groups is 1. The molecule has 0 spiro atoms. The lowest BCUT2D eigenvalue weighted by molar-refractivity contribution is -0.904. The third kappa shape index (κ3) is 2.53. The van der Waals surface area contributed by atoms with E-state index in [1.807, 2.05) is 24.3 Å². The molecule has 0 radical (unpaired) electrons. The van der Waals surface area contributed by atoms with Crippen LogP contribution in [0.1, 0.15) is 10.4 Å². The molecule has 6 nitrogen and oxygen atoms in total. The van der Waals surface area contributed by atoms with Crippen LogP contribution in [0.4, 0.5) is 5.69 Å². The van der Waals surface area contributed by atoms with Gasteiger partial charge in [-0.3, -0.25) is 10.0 Å². The van der Waals surface area contributed by atoms with Crippen LogP contribution in [0, 0.1) is 0 Å². The fourth-order valence-corrected chi connectivity index (χ4v) is 2.85. The molecule has 0 fully saturated rings. The Labute approximate surface area is 142 Å². The van der Waals surface area contributed by atoms with Crippen molar-refractivity contribution >= 4 is 33.5 Å². The van der Waals surface area contributed by atoms with Crippen molar-refractivity contribution in [3.63, 3.8) is 0 Å². The van der Waals surface area contributed by atoms with E-state index in [1.165, 1.54) is 12.4 Å². The fraction of sp³-hybridized carbons (Fsp3) is 0.0526. The zero-order chi connectivity index (χ0) is 17.4. The largest absolute Gasteiger partial charge is 0.493 e. The second-order valence-electron chi connectivity index (χ2n) is 5.54. The minimum absolute atomic E-state index is 0.269. The van der Waals surface area contributed by atoms with Gasteiger partial charge in [-0.15, -0.1) is 0 Å². The highest BCUT2D eigenvalue weighted by Crippen LogP contribution is 2.37. The van der Waals surface area contributed by atoms with E-state index in [2.05, 4.69) is 5.32 Å². The SMILES string of the molecule is COc1ccc(C(=O)Nc2cc[n+](O)cc2)c2c1oc1ccccc12. The summed E-state index contributed by atoms with van der Waals surface area (Å²) in [5, 5.41) is 13.7. The van der Waals surface area contributed by atoms with Crippen molar-refractivity contribution in [3.05, 3.63) is 66.5 Å². The molecule has 1 amide bonds. The second-order valence-corrected chi connectivity index (χ2v) is 5.54. The first-order valence-corrected chi connectivity index (χ1v) is 7.67. The monoisotopic (exact) mass is 335 g/mol. The van der Waals surface area contributed by atoms with Crippen LogP contribution in [0.2, 0.25) is 0 Å². The van der Waals surface area contributed by atoms with Crippen molar-refractivity contribution in [2.24, 2.45) is 0 Å². The number of furan rings is 1. The van der Waals surface area contributed by atoms with Crippen molar-refractivity contribution < 1.29 is 23.9 Å². The van der Waals surface area contributed by atoms with Crippen molar-refractivity contribution in [3.8, 4) is 5.75 Å². The number of hydrogen-bond donors (Lipinski definition) is 2. The van der Waals surface area contributed by atoms with Gasteiger partial charge < -0.3 is 14.5 Å². The molecule has 2 heterocycles. The van der Waals surface area contributed by atoms with Gasteiger partial charge in [-0.1, -0.05) is 18.2 Å². The summed E-state index contributed by atoms with van der Waals surface area (Å²) >= 11 is 0. The van der Waals surface area contributed by atoms with Gasteiger partial charge in [0.2, 0.25) is 12.4 Å². The molecule has 124 valence electrons.